The van der Waals surface area contributed by atoms with E-state index >= 15 is 0 Å². The van der Waals surface area contributed by atoms with Crippen molar-refractivity contribution in [2.45, 2.75) is 17.3 Å². The lowest BCUT2D eigenvalue weighted by molar-refractivity contribution is 0.803. The largest absolute Gasteiger partial charge is 0.353 e. The molecule has 0 radical (unpaired) electrons. The van der Waals surface area contributed by atoms with Gasteiger partial charge in [0.1, 0.15) is 0 Å². The van der Waals surface area contributed by atoms with Gasteiger partial charge in [-0.05, 0) is 24.6 Å². The summed E-state index contributed by atoms with van der Waals surface area (Å²) < 4.78 is 0. The summed E-state index contributed by atoms with van der Waals surface area (Å²) >= 11 is 1.60. The molecule has 1 atom stereocenters. The molecule has 2 rings (SSSR count). The molecule has 1 aromatic rings. The maximum Gasteiger partial charge on any atom is 0.159 e. The minimum absolute atomic E-state index is 0.123. The average molecular weight is 206 g/mol. The van der Waals surface area contributed by atoms with Gasteiger partial charge >= 0.3 is 0 Å². The summed E-state index contributed by atoms with van der Waals surface area (Å²) in [5, 5.41) is 3.76. The van der Waals surface area contributed by atoms with Crippen LogP contribution in [0.1, 0.15) is 6.92 Å². The van der Waals surface area contributed by atoms with E-state index in [9.17, 15) is 0 Å². The van der Waals surface area contributed by atoms with Crippen molar-refractivity contribution >= 4 is 17.4 Å². The Morgan fingerprint density at radius 3 is 3.07 bits per heavy atom. The number of nitrogens with zero attached hydrogens (tertiary/aromatic N) is 4. The molecule has 1 unspecified atom stereocenters. The summed E-state index contributed by atoms with van der Waals surface area (Å²) in [5.74, 6) is 0. The van der Waals surface area contributed by atoms with Gasteiger partial charge in [0.15, 0.2) is 5.50 Å². The van der Waals surface area contributed by atoms with Gasteiger partial charge in [-0.1, -0.05) is 29.0 Å². The van der Waals surface area contributed by atoms with Crippen molar-refractivity contribution in [2.75, 3.05) is 11.4 Å². The molecule has 1 aliphatic heterocycles. The molecule has 0 saturated carbocycles. The Hall–Kier alpha value is -1.32. The van der Waals surface area contributed by atoms with Gasteiger partial charge in [-0.25, -0.2) is 0 Å². The predicted molar refractivity (Wildman–Crippen MR) is 58.3 cm³/mol. The Labute approximate surface area is 86.5 Å². The van der Waals surface area contributed by atoms with Crippen molar-refractivity contribution in [3.8, 4) is 0 Å². The molecule has 0 saturated heterocycles. The minimum atomic E-state index is -0.123. The quantitative estimate of drug-likeness (QED) is 0.424. The number of anilines is 1. The standard InChI is InChI=1S/C9H10N4S/c1-2-13-7-5-3-4-6-8(7)14-9(13)11-12-10/h3-6,9H,2H2,1H3. The zero-order chi connectivity index (χ0) is 9.97. The summed E-state index contributed by atoms with van der Waals surface area (Å²) in [6.45, 7) is 2.91. The molecule has 5 heteroatoms. The first-order chi connectivity index (χ1) is 6.86. The van der Waals surface area contributed by atoms with Crippen LogP contribution in [0.5, 0.6) is 0 Å². The Morgan fingerprint density at radius 1 is 1.57 bits per heavy atom. The zero-order valence-electron chi connectivity index (χ0n) is 7.79. The van der Waals surface area contributed by atoms with E-state index in [1.807, 2.05) is 12.1 Å². The van der Waals surface area contributed by atoms with Gasteiger partial charge in [-0.15, -0.1) is 0 Å². The summed E-state index contributed by atoms with van der Waals surface area (Å²) in [6.07, 6.45) is 0. The van der Waals surface area contributed by atoms with Crippen LogP contribution in [0.25, 0.3) is 10.4 Å². The van der Waals surface area contributed by atoms with Crippen molar-refractivity contribution in [2.24, 2.45) is 5.11 Å². The second kappa shape index (κ2) is 3.82. The molecule has 0 aliphatic carbocycles. The molecule has 0 fully saturated rings. The van der Waals surface area contributed by atoms with Gasteiger partial charge in [-0.2, -0.15) is 0 Å². The summed E-state index contributed by atoms with van der Waals surface area (Å²) in [4.78, 5) is 6.15. The van der Waals surface area contributed by atoms with Crippen LogP contribution in [-0.4, -0.2) is 12.0 Å². The summed E-state index contributed by atoms with van der Waals surface area (Å²) in [5.41, 5.74) is 9.48. The van der Waals surface area contributed by atoms with Gasteiger partial charge < -0.3 is 4.90 Å². The van der Waals surface area contributed by atoms with Crippen LogP contribution in [0.3, 0.4) is 0 Å². The lowest BCUT2D eigenvalue weighted by atomic mass is 10.3. The first kappa shape index (κ1) is 9.24. The SMILES string of the molecule is CCN1c2ccccc2SC1N=[N+]=[N-]. The lowest BCUT2D eigenvalue weighted by Gasteiger charge is -2.20. The Balaban J connectivity index is 2.38. The van der Waals surface area contributed by atoms with Gasteiger partial charge in [-0.3, -0.25) is 0 Å². The minimum Gasteiger partial charge on any atom is -0.353 e. The lowest BCUT2D eigenvalue weighted by Crippen LogP contribution is -2.26. The molecule has 0 amide bonds. The number of para-hydroxylation sites is 1. The van der Waals surface area contributed by atoms with Gasteiger partial charge in [0.05, 0.1) is 5.69 Å². The molecule has 14 heavy (non-hydrogen) atoms. The molecule has 1 aliphatic rings. The molecule has 0 N–H and O–H groups in total. The fraction of sp³-hybridized carbons (Fsp3) is 0.333. The molecule has 0 spiro atoms. The first-order valence-electron chi connectivity index (χ1n) is 4.43. The molecular weight excluding hydrogens is 196 g/mol. The third kappa shape index (κ3) is 1.41. The van der Waals surface area contributed by atoms with Crippen molar-refractivity contribution < 1.29 is 0 Å². The Bertz CT molecular complexity index is 386. The van der Waals surface area contributed by atoms with Gasteiger partial charge in [0.2, 0.25) is 0 Å². The predicted octanol–water partition coefficient (Wildman–Crippen LogP) is 3.21. The number of azide groups is 1. The molecule has 1 heterocycles. The van der Waals surface area contributed by atoms with E-state index in [2.05, 4.69) is 34.0 Å². The topological polar surface area (TPSA) is 52.0 Å². The highest BCUT2D eigenvalue weighted by Crippen LogP contribution is 2.43. The molecule has 4 nitrogen and oxygen atoms in total. The molecule has 72 valence electrons. The van der Waals surface area contributed by atoms with Crippen LogP contribution in [0.15, 0.2) is 34.3 Å². The van der Waals surface area contributed by atoms with Crippen LogP contribution in [-0.2, 0) is 0 Å². The molecule has 1 aromatic carbocycles. The van der Waals surface area contributed by atoms with E-state index in [0.29, 0.717) is 0 Å². The summed E-state index contributed by atoms with van der Waals surface area (Å²) in [7, 11) is 0. The maximum absolute atomic E-state index is 8.44. The summed E-state index contributed by atoms with van der Waals surface area (Å²) in [6, 6.07) is 8.10. The second-order valence-corrected chi connectivity index (χ2v) is 4.00. The fourth-order valence-electron chi connectivity index (χ4n) is 1.55. The monoisotopic (exact) mass is 206 g/mol. The van der Waals surface area contributed by atoms with Crippen LogP contribution in [0, 0.1) is 0 Å². The second-order valence-electron chi connectivity index (χ2n) is 2.90. The van der Waals surface area contributed by atoms with Crippen LogP contribution < -0.4 is 4.90 Å². The van der Waals surface area contributed by atoms with Gasteiger partial charge in [0, 0.05) is 16.4 Å². The molecular formula is C9H10N4S. The van der Waals surface area contributed by atoms with E-state index in [1.165, 1.54) is 4.90 Å². The normalized spacial score (nSPS) is 18.9. The first-order valence-corrected chi connectivity index (χ1v) is 5.31. The average Bonchev–Trinajstić information content (AvgIpc) is 2.55. The van der Waals surface area contributed by atoms with E-state index in [4.69, 9.17) is 5.53 Å². The van der Waals surface area contributed by atoms with Gasteiger partial charge in [0.25, 0.3) is 0 Å². The third-order valence-corrected chi connectivity index (χ3v) is 3.32. The highest BCUT2D eigenvalue weighted by molar-refractivity contribution is 8.00. The van der Waals surface area contributed by atoms with Crippen molar-refractivity contribution in [3.63, 3.8) is 0 Å². The maximum atomic E-state index is 8.44. The number of hydrogen-bond donors (Lipinski definition) is 0. The Morgan fingerprint density at radius 2 is 2.36 bits per heavy atom. The van der Waals surface area contributed by atoms with Crippen molar-refractivity contribution in [1.82, 2.24) is 0 Å². The number of benzene rings is 1. The number of rotatable bonds is 2. The fourth-order valence-corrected chi connectivity index (χ4v) is 2.72. The van der Waals surface area contributed by atoms with Crippen LogP contribution in [0.2, 0.25) is 0 Å². The Kier molecular flexibility index (Phi) is 2.52. The number of hydrogen-bond acceptors (Lipinski definition) is 3. The van der Waals surface area contributed by atoms with Crippen LogP contribution >= 0.6 is 11.8 Å². The van der Waals surface area contributed by atoms with E-state index in [1.54, 1.807) is 11.8 Å². The van der Waals surface area contributed by atoms with Crippen molar-refractivity contribution in [1.29, 1.82) is 0 Å². The molecule has 0 bridgehead atoms. The third-order valence-electron chi connectivity index (χ3n) is 2.16. The number of fused-ring (bicyclic) bond motifs is 1. The molecule has 0 aromatic heterocycles. The smallest absolute Gasteiger partial charge is 0.159 e. The zero-order valence-corrected chi connectivity index (χ0v) is 8.61. The highest BCUT2D eigenvalue weighted by Gasteiger charge is 2.27. The van der Waals surface area contributed by atoms with Crippen LogP contribution in [0.4, 0.5) is 5.69 Å². The van der Waals surface area contributed by atoms with E-state index < -0.39 is 0 Å². The highest BCUT2D eigenvalue weighted by atomic mass is 32.2. The number of thioether (sulfide) groups is 1. The van der Waals surface area contributed by atoms with E-state index in [0.717, 1.165) is 12.2 Å². The van der Waals surface area contributed by atoms with Crippen molar-refractivity contribution in [3.05, 3.63) is 34.7 Å². The van der Waals surface area contributed by atoms with E-state index in [-0.39, 0.29) is 5.50 Å².